The molecule has 0 bridgehead atoms. The van der Waals surface area contributed by atoms with Crippen molar-refractivity contribution in [3.63, 3.8) is 0 Å². The highest BCUT2D eigenvalue weighted by Crippen LogP contribution is 2.30. The summed E-state index contributed by atoms with van der Waals surface area (Å²) >= 11 is 2.08. The lowest BCUT2D eigenvalue weighted by Crippen LogP contribution is -2.12. The summed E-state index contributed by atoms with van der Waals surface area (Å²) in [5, 5.41) is 19.4. The lowest BCUT2D eigenvalue weighted by molar-refractivity contribution is 0.466. The molecule has 0 saturated carbocycles. The molecule has 1 aromatic heterocycles. The maximum Gasteiger partial charge on any atom is 0.160 e. The topological polar surface area (TPSA) is 74.0 Å². The van der Waals surface area contributed by atoms with Gasteiger partial charge < -0.3 is 9.66 Å². The number of halogens is 1. The Kier molecular flexibility index (Phi) is 5.14. The van der Waals surface area contributed by atoms with Crippen molar-refractivity contribution < 1.29 is 9.66 Å². The van der Waals surface area contributed by atoms with E-state index in [1.165, 1.54) is 4.80 Å². The lowest BCUT2D eigenvalue weighted by Gasteiger charge is -2.19. The molecule has 0 fully saturated rings. The Hall–Kier alpha value is -2.35. The van der Waals surface area contributed by atoms with Crippen molar-refractivity contribution in [3.05, 3.63) is 70.7 Å². The molecule has 29 heavy (non-hydrogen) atoms. The van der Waals surface area contributed by atoms with Crippen molar-refractivity contribution in [1.29, 1.82) is 0 Å². The first-order valence-corrected chi connectivity index (χ1v) is 11.0. The fourth-order valence-electron chi connectivity index (χ4n) is 2.96. The second-order valence-corrected chi connectivity index (χ2v) is 10.2. The van der Waals surface area contributed by atoms with Crippen LogP contribution in [0.5, 0.6) is 5.75 Å². The first kappa shape index (κ1) is 19.9. The van der Waals surface area contributed by atoms with Crippen molar-refractivity contribution in [1.82, 2.24) is 15.0 Å². The van der Waals surface area contributed by atoms with E-state index in [1.54, 1.807) is 24.3 Å². The summed E-state index contributed by atoms with van der Waals surface area (Å²) < 4.78 is 13.8. The van der Waals surface area contributed by atoms with Gasteiger partial charge in [-0.15, -0.1) is 15.0 Å². The Labute approximate surface area is 180 Å². The summed E-state index contributed by atoms with van der Waals surface area (Å²) in [6.07, 6.45) is 0. The van der Waals surface area contributed by atoms with Gasteiger partial charge in [0.25, 0.3) is 0 Å². The molecule has 0 aliphatic carbocycles. The van der Waals surface area contributed by atoms with Crippen LogP contribution in [0.2, 0.25) is 0 Å². The molecule has 1 unspecified atom stereocenters. The van der Waals surface area contributed by atoms with Gasteiger partial charge in [0.2, 0.25) is 0 Å². The van der Waals surface area contributed by atoms with Crippen LogP contribution in [0, 0.1) is 0 Å². The summed E-state index contributed by atoms with van der Waals surface area (Å²) in [5.74, 6) is 0.108. The van der Waals surface area contributed by atoms with E-state index in [0.29, 0.717) is 21.6 Å². The molecule has 7 heteroatoms. The number of phenolic OH excluding ortho intramolecular Hbond substituents is 1. The highest BCUT2D eigenvalue weighted by atomic mass is 79.9. The van der Waals surface area contributed by atoms with Crippen LogP contribution in [0.4, 0.5) is 0 Å². The Bertz CT molecular complexity index is 1180. The van der Waals surface area contributed by atoms with Crippen molar-refractivity contribution >= 4 is 38.1 Å². The SMILES string of the molecule is CC(C)(C)c1ccc(O)c(-n2nc3ccc([S+]([O-])c4ccc(Br)cc4)cc3n2)c1. The maximum absolute atomic E-state index is 12.9. The lowest BCUT2D eigenvalue weighted by atomic mass is 9.87. The third kappa shape index (κ3) is 4.03. The van der Waals surface area contributed by atoms with Gasteiger partial charge in [-0.05, 0) is 59.5 Å². The number of benzene rings is 3. The fourth-order valence-corrected chi connectivity index (χ4v) is 4.29. The molecule has 0 aliphatic heterocycles. The van der Waals surface area contributed by atoms with Crippen LogP contribution in [0.3, 0.4) is 0 Å². The van der Waals surface area contributed by atoms with Crippen LogP contribution in [0.15, 0.2) is 74.9 Å². The van der Waals surface area contributed by atoms with Crippen LogP contribution in [-0.4, -0.2) is 24.7 Å². The van der Waals surface area contributed by atoms with Gasteiger partial charge in [-0.3, -0.25) is 0 Å². The van der Waals surface area contributed by atoms with Crippen molar-refractivity contribution in [2.45, 2.75) is 36.0 Å². The summed E-state index contributed by atoms with van der Waals surface area (Å²) in [4.78, 5) is 2.80. The van der Waals surface area contributed by atoms with E-state index in [2.05, 4.69) is 46.9 Å². The van der Waals surface area contributed by atoms with Crippen molar-refractivity contribution in [2.24, 2.45) is 0 Å². The number of hydrogen-bond donors (Lipinski definition) is 1. The average Bonchev–Trinajstić information content (AvgIpc) is 3.10. The minimum Gasteiger partial charge on any atom is -0.606 e. The van der Waals surface area contributed by atoms with Crippen LogP contribution in [0.1, 0.15) is 26.3 Å². The zero-order valence-corrected chi connectivity index (χ0v) is 18.7. The Morgan fingerprint density at radius 2 is 1.55 bits per heavy atom. The molecule has 1 heterocycles. The van der Waals surface area contributed by atoms with Gasteiger partial charge in [0.05, 0.1) is 0 Å². The molecule has 4 rings (SSSR count). The van der Waals surface area contributed by atoms with E-state index in [-0.39, 0.29) is 11.2 Å². The minimum absolute atomic E-state index is 0.0657. The van der Waals surface area contributed by atoms with Crippen LogP contribution in [-0.2, 0) is 16.6 Å². The summed E-state index contributed by atoms with van der Waals surface area (Å²) in [7, 11) is 0. The molecule has 148 valence electrons. The molecule has 5 nitrogen and oxygen atoms in total. The highest BCUT2D eigenvalue weighted by Gasteiger charge is 2.19. The van der Waals surface area contributed by atoms with E-state index < -0.39 is 11.2 Å². The smallest absolute Gasteiger partial charge is 0.160 e. The first-order chi connectivity index (χ1) is 13.7. The molecule has 0 spiro atoms. The van der Waals surface area contributed by atoms with E-state index in [0.717, 1.165) is 14.9 Å². The Morgan fingerprint density at radius 3 is 2.24 bits per heavy atom. The normalized spacial score (nSPS) is 13.0. The number of aromatic hydroxyl groups is 1. The molecular weight excluding hydrogens is 450 g/mol. The molecular formula is C22H20BrN3O2S. The van der Waals surface area contributed by atoms with E-state index in [9.17, 15) is 9.66 Å². The molecule has 0 aliphatic rings. The highest BCUT2D eigenvalue weighted by molar-refractivity contribution is 9.10. The first-order valence-electron chi connectivity index (χ1n) is 9.11. The summed E-state index contributed by atoms with van der Waals surface area (Å²) in [6, 6.07) is 18.2. The molecule has 0 saturated heterocycles. The van der Waals surface area contributed by atoms with Crippen molar-refractivity contribution in [2.75, 3.05) is 0 Å². The third-order valence-corrected chi connectivity index (χ3v) is 6.56. The number of rotatable bonds is 3. The van der Waals surface area contributed by atoms with Gasteiger partial charge in [-0.2, -0.15) is 0 Å². The predicted molar refractivity (Wildman–Crippen MR) is 118 cm³/mol. The number of phenols is 1. The zero-order valence-electron chi connectivity index (χ0n) is 16.3. The van der Waals surface area contributed by atoms with E-state index in [4.69, 9.17) is 0 Å². The molecule has 0 amide bonds. The third-order valence-electron chi connectivity index (χ3n) is 4.65. The van der Waals surface area contributed by atoms with Gasteiger partial charge in [0.1, 0.15) is 22.5 Å². The maximum atomic E-state index is 12.9. The van der Waals surface area contributed by atoms with Gasteiger partial charge >= 0.3 is 0 Å². The molecule has 1 atom stereocenters. The second kappa shape index (κ2) is 7.48. The van der Waals surface area contributed by atoms with Crippen LogP contribution >= 0.6 is 15.9 Å². The zero-order chi connectivity index (χ0) is 20.8. The minimum atomic E-state index is -1.31. The monoisotopic (exact) mass is 469 g/mol. The molecule has 1 N–H and O–H groups in total. The van der Waals surface area contributed by atoms with Gasteiger partial charge in [0.15, 0.2) is 9.79 Å². The number of fused-ring (bicyclic) bond motifs is 1. The summed E-state index contributed by atoms with van der Waals surface area (Å²) in [6.45, 7) is 6.33. The molecule has 4 aromatic rings. The fraction of sp³-hybridized carbons (Fsp3) is 0.182. The number of hydrogen-bond acceptors (Lipinski definition) is 4. The van der Waals surface area contributed by atoms with Gasteiger partial charge in [-0.1, -0.05) is 42.8 Å². The van der Waals surface area contributed by atoms with Crippen LogP contribution in [0.25, 0.3) is 16.7 Å². The number of aromatic nitrogens is 3. The molecule has 0 radical (unpaired) electrons. The summed E-state index contributed by atoms with van der Waals surface area (Å²) in [5.41, 5.74) is 2.81. The van der Waals surface area contributed by atoms with Gasteiger partial charge in [0, 0.05) is 21.7 Å². The van der Waals surface area contributed by atoms with E-state index >= 15 is 0 Å². The molecule has 3 aromatic carbocycles. The Morgan fingerprint density at radius 1 is 0.897 bits per heavy atom. The standard InChI is InChI=1S/C22H20BrN3O2S/c1-22(2,3)14-4-11-21(27)20(12-14)26-24-18-10-9-17(13-19(18)25-26)29(28)16-7-5-15(23)6-8-16/h4-13,27H,1-3H3. The van der Waals surface area contributed by atoms with Crippen molar-refractivity contribution in [3.8, 4) is 11.4 Å². The quantitative estimate of drug-likeness (QED) is 0.410. The average molecular weight is 470 g/mol. The van der Waals surface area contributed by atoms with Gasteiger partial charge in [-0.25, -0.2) is 0 Å². The Balaban J connectivity index is 1.73. The number of nitrogens with zero attached hydrogens (tertiary/aromatic N) is 3. The van der Waals surface area contributed by atoms with Crippen LogP contribution < -0.4 is 0 Å². The largest absolute Gasteiger partial charge is 0.606 e. The van der Waals surface area contributed by atoms with E-state index in [1.807, 2.05) is 36.4 Å². The predicted octanol–water partition coefficient (Wildman–Crippen LogP) is 5.35. The second-order valence-electron chi connectivity index (χ2n) is 7.82.